The first-order valence-corrected chi connectivity index (χ1v) is 45.6. The second-order valence-electron chi connectivity index (χ2n) is 30.0. The van der Waals surface area contributed by atoms with Crippen molar-refractivity contribution < 1.29 is 80.2 Å². The molecule has 0 aromatic rings. The summed E-state index contributed by atoms with van der Waals surface area (Å²) in [5.74, 6) is -1.31. The van der Waals surface area contributed by atoms with E-state index in [4.69, 9.17) is 37.0 Å². The second kappa shape index (κ2) is 74.9. The predicted octanol–water partition coefficient (Wildman–Crippen LogP) is 24.8. The smallest absolute Gasteiger partial charge is 0.462 e. The SMILES string of the molecule is CCCCCCCCCCCCCCCCCCCCCCCC(=O)O[C@H](COC(=O)CCCCCCCCCCCCCCCCC(C)C)COP(=O)(O)OC[C@@H](O)COP(=O)(O)OC[C@@H](COC(=O)CCCCCCCCCC)OC(=O)CCCCCCCCCCCCCCCCC. The van der Waals surface area contributed by atoms with Crippen molar-refractivity contribution in [1.82, 2.24) is 0 Å². The van der Waals surface area contributed by atoms with E-state index in [1.165, 1.54) is 263 Å². The highest BCUT2D eigenvalue weighted by Gasteiger charge is 2.30. The zero-order chi connectivity index (χ0) is 74.1. The molecule has 19 heteroatoms. The Hall–Kier alpha value is -1.94. The first-order chi connectivity index (χ1) is 49.0. The van der Waals surface area contributed by atoms with Gasteiger partial charge < -0.3 is 33.8 Å². The van der Waals surface area contributed by atoms with Gasteiger partial charge in [0, 0.05) is 25.7 Å². The summed E-state index contributed by atoms with van der Waals surface area (Å²) in [6.07, 6.45) is 66.7. The molecule has 3 N–H and O–H groups in total. The quantitative estimate of drug-likeness (QED) is 0.0222. The lowest BCUT2D eigenvalue weighted by Gasteiger charge is -2.21. The van der Waals surface area contributed by atoms with Gasteiger partial charge in [-0.3, -0.25) is 37.3 Å². The van der Waals surface area contributed by atoms with E-state index < -0.39 is 97.5 Å². The molecule has 5 atom stereocenters. The van der Waals surface area contributed by atoms with Crippen molar-refractivity contribution in [2.24, 2.45) is 5.92 Å². The van der Waals surface area contributed by atoms with Gasteiger partial charge in [-0.15, -0.1) is 0 Å². The summed E-state index contributed by atoms with van der Waals surface area (Å²) < 4.78 is 68.7. The summed E-state index contributed by atoms with van der Waals surface area (Å²) in [6, 6.07) is 0. The Kier molecular flexibility index (Phi) is 73.5. The molecule has 0 aliphatic heterocycles. The summed E-state index contributed by atoms with van der Waals surface area (Å²) in [7, 11) is -9.92. The number of phosphoric ester groups is 2. The number of carbonyl (C=O) groups excluding carboxylic acids is 4. The summed E-state index contributed by atoms with van der Waals surface area (Å²) in [5.41, 5.74) is 0. The highest BCUT2D eigenvalue weighted by molar-refractivity contribution is 7.47. The third-order valence-electron chi connectivity index (χ3n) is 19.3. The molecule has 101 heavy (non-hydrogen) atoms. The van der Waals surface area contributed by atoms with Crippen LogP contribution in [0.5, 0.6) is 0 Å². The fourth-order valence-corrected chi connectivity index (χ4v) is 14.3. The summed E-state index contributed by atoms with van der Waals surface area (Å²) >= 11 is 0. The predicted molar refractivity (Wildman–Crippen MR) is 414 cm³/mol. The Morgan fingerprint density at radius 1 is 0.267 bits per heavy atom. The maximum absolute atomic E-state index is 13.1. The fourth-order valence-electron chi connectivity index (χ4n) is 12.8. The number of aliphatic hydroxyl groups is 1. The van der Waals surface area contributed by atoms with E-state index in [-0.39, 0.29) is 25.7 Å². The first-order valence-electron chi connectivity index (χ1n) is 42.6. The number of aliphatic hydroxyl groups excluding tert-OH is 1. The minimum absolute atomic E-state index is 0.108. The van der Waals surface area contributed by atoms with E-state index in [0.29, 0.717) is 25.7 Å². The lowest BCUT2D eigenvalue weighted by Crippen LogP contribution is -2.30. The van der Waals surface area contributed by atoms with Gasteiger partial charge in [-0.2, -0.15) is 0 Å². The average molecular weight is 1480 g/mol. The van der Waals surface area contributed by atoms with Gasteiger partial charge in [0.2, 0.25) is 0 Å². The van der Waals surface area contributed by atoms with Crippen LogP contribution >= 0.6 is 15.6 Å². The van der Waals surface area contributed by atoms with Crippen LogP contribution in [-0.2, 0) is 65.4 Å². The van der Waals surface area contributed by atoms with E-state index >= 15 is 0 Å². The number of unbranched alkanes of at least 4 members (excludes halogenated alkanes) is 54. The molecular weight excluding hydrogens is 1320 g/mol. The molecule has 0 heterocycles. The van der Waals surface area contributed by atoms with Crippen LogP contribution in [-0.4, -0.2) is 96.7 Å². The van der Waals surface area contributed by atoms with Gasteiger partial charge in [-0.1, -0.05) is 388 Å². The molecule has 0 spiro atoms. The van der Waals surface area contributed by atoms with Crippen molar-refractivity contribution >= 4 is 39.5 Å². The standard InChI is InChI=1S/C82H160O17P2/c1-6-9-12-15-18-21-23-25-27-28-29-30-31-32-34-40-44-48-53-58-63-68-82(87)99-78(72-93-80(85)66-61-56-51-46-42-38-36-35-37-41-45-49-54-59-64-75(4)5)74-97-101(90,91)95-70-76(83)69-94-100(88,89)96-73-77(71-92-79(84)65-60-55-50-20-17-14-11-8-3)98-81(86)67-62-57-52-47-43-39-33-26-24-22-19-16-13-10-7-2/h75-78,83H,6-74H2,1-5H3,(H,88,89)(H,90,91)/t76-,77+,78+/m0/s1. The highest BCUT2D eigenvalue weighted by Crippen LogP contribution is 2.45. The number of carbonyl (C=O) groups is 4. The van der Waals surface area contributed by atoms with Crippen LogP contribution < -0.4 is 0 Å². The molecule has 600 valence electrons. The Labute approximate surface area is 619 Å². The lowest BCUT2D eigenvalue weighted by atomic mass is 10.0. The van der Waals surface area contributed by atoms with Crippen LogP contribution in [0.25, 0.3) is 0 Å². The van der Waals surface area contributed by atoms with Gasteiger partial charge in [-0.05, 0) is 31.6 Å². The number of rotatable bonds is 82. The minimum atomic E-state index is -4.96. The van der Waals surface area contributed by atoms with Crippen LogP contribution in [0.15, 0.2) is 0 Å². The van der Waals surface area contributed by atoms with Crippen molar-refractivity contribution in [3.8, 4) is 0 Å². The molecule has 0 aromatic carbocycles. The maximum Gasteiger partial charge on any atom is 0.472 e. The molecule has 0 aromatic heterocycles. The van der Waals surface area contributed by atoms with Gasteiger partial charge in [0.05, 0.1) is 26.4 Å². The van der Waals surface area contributed by atoms with Crippen molar-refractivity contribution in [2.75, 3.05) is 39.6 Å². The third kappa shape index (κ3) is 76.1. The molecule has 2 unspecified atom stereocenters. The summed E-state index contributed by atoms with van der Waals surface area (Å²) in [4.78, 5) is 73.0. The maximum atomic E-state index is 13.1. The molecular formula is C82H160O17P2. The van der Waals surface area contributed by atoms with Crippen molar-refractivity contribution in [3.63, 3.8) is 0 Å². The fraction of sp³-hybridized carbons (Fsp3) is 0.951. The van der Waals surface area contributed by atoms with E-state index in [0.717, 1.165) is 95.8 Å². The van der Waals surface area contributed by atoms with Gasteiger partial charge in [0.1, 0.15) is 19.3 Å². The van der Waals surface area contributed by atoms with Gasteiger partial charge >= 0.3 is 39.5 Å². The minimum Gasteiger partial charge on any atom is -0.462 e. The van der Waals surface area contributed by atoms with E-state index in [1.54, 1.807) is 0 Å². The van der Waals surface area contributed by atoms with Crippen LogP contribution in [0, 0.1) is 5.92 Å². The Bertz CT molecular complexity index is 1930. The van der Waals surface area contributed by atoms with E-state index in [9.17, 15) is 43.2 Å². The van der Waals surface area contributed by atoms with Gasteiger partial charge in [-0.25, -0.2) is 9.13 Å². The van der Waals surface area contributed by atoms with E-state index in [1.807, 2.05) is 0 Å². The Morgan fingerprint density at radius 3 is 0.673 bits per heavy atom. The number of ether oxygens (including phenoxy) is 4. The first kappa shape index (κ1) is 99.1. The molecule has 0 saturated heterocycles. The molecule has 0 saturated carbocycles. The lowest BCUT2D eigenvalue weighted by molar-refractivity contribution is -0.161. The monoisotopic (exact) mass is 1480 g/mol. The van der Waals surface area contributed by atoms with Crippen LogP contribution in [0.2, 0.25) is 0 Å². The molecule has 17 nitrogen and oxygen atoms in total. The van der Waals surface area contributed by atoms with Gasteiger partial charge in [0.15, 0.2) is 12.2 Å². The summed E-state index contributed by atoms with van der Waals surface area (Å²) in [6.45, 7) is 7.34. The molecule has 0 bridgehead atoms. The highest BCUT2D eigenvalue weighted by atomic mass is 31.2. The van der Waals surface area contributed by atoms with Crippen molar-refractivity contribution in [1.29, 1.82) is 0 Å². The zero-order valence-electron chi connectivity index (χ0n) is 66.1. The second-order valence-corrected chi connectivity index (χ2v) is 32.9. The van der Waals surface area contributed by atoms with Gasteiger partial charge in [0.25, 0.3) is 0 Å². The number of hydrogen-bond acceptors (Lipinski definition) is 15. The Morgan fingerprint density at radius 2 is 0.455 bits per heavy atom. The zero-order valence-corrected chi connectivity index (χ0v) is 67.8. The largest absolute Gasteiger partial charge is 0.472 e. The average Bonchev–Trinajstić information content (AvgIpc) is 0.965. The van der Waals surface area contributed by atoms with Crippen molar-refractivity contribution in [3.05, 3.63) is 0 Å². The molecule has 0 fully saturated rings. The molecule has 0 radical (unpaired) electrons. The van der Waals surface area contributed by atoms with Crippen LogP contribution in [0.1, 0.15) is 439 Å². The van der Waals surface area contributed by atoms with Crippen LogP contribution in [0.4, 0.5) is 0 Å². The third-order valence-corrected chi connectivity index (χ3v) is 21.2. The number of hydrogen-bond donors (Lipinski definition) is 3. The van der Waals surface area contributed by atoms with Crippen molar-refractivity contribution in [2.45, 2.75) is 457 Å². The summed E-state index contributed by atoms with van der Waals surface area (Å²) in [5, 5.41) is 10.6. The van der Waals surface area contributed by atoms with Crippen LogP contribution in [0.3, 0.4) is 0 Å². The molecule has 0 aliphatic rings. The van der Waals surface area contributed by atoms with E-state index in [2.05, 4.69) is 34.6 Å². The normalized spacial score (nSPS) is 13.8. The number of phosphoric acid groups is 2. The number of esters is 4. The molecule has 0 aliphatic carbocycles. The topological polar surface area (TPSA) is 237 Å². The molecule has 0 rings (SSSR count). The Balaban J connectivity index is 5.19. The molecule has 0 amide bonds.